The van der Waals surface area contributed by atoms with Crippen LogP contribution in [0.15, 0.2) is 40.2 Å². The van der Waals surface area contributed by atoms with Crippen LogP contribution < -0.4 is 5.56 Å². The molecule has 28 heavy (non-hydrogen) atoms. The van der Waals surface area contributed by atoms with E-state index >= 15 is 0 Å². The van der Waals surface area contributed by atoms with Gasteiger partial charge in [0.1, 0.15) is 0 Å². The summed E-state index contributed by atoms with van der Waals surface area (Å²) in [6.45, 7) is 3.54. The summed E-state index contributed by atoms with van der Waals surface area (Å²) in [7, 11) is 0. The van der Waals surface area contributed by atoms with E-state index in [4.69, 9.17) is 0 Å². The molecule has 0 aliphatic carbocycles. The molecule has 0 saturated carbocycles. The summed E-state index contributed by atoms with van der Waals surface area (Å²) in [6, 6.07) is 1.60. The van der Waals surface area contributed by atoms with Gasteiger partial charge in [-0.15, -0.1) is 22.7 Å². The first-order valence-corrected chi connectivity index (χ1v) is 10.8. The summed E-state index contributed by atoms with van der Waals surface area (Å²) in [5, 5.41) is 3.84. The Hall–Kier alpha value is -2.56. The molecule has 0 spiro atoms. The number of hydrogen-bond acceptors (Lipinski definition) is 7. The summed E-state index contributed by atoms with van der Waals surface area (Å²) in [4.78, 5) is 39.5. The van der Waals surface area contributed by atoms with Crippen molar-refractivity contribution in [3.8, 4) is 0 Å². The van der Waals surface area contributed by atoms with Gasteiger partial charge >= 0.3 is 0 Å². The van der Waals surface area contributed by atoms with E-state index in [1.165, 1.54) is 11.3 Å². The molecular weight excluding hydrogens is 396 g/mol. The third-order valence-corrected chi connectivity index (χ3v) is 6.47. The number of rotatable bonds is 4. The molecule has 144 valence electrons. The number of hydrogen-bond donors (Lipinski definition) is 0. The van der Waals surface area contributed by atoms with Crippen LogP contribution in [0.4, 0.5) is 0 Å². The molecule has 0 atom stereocenters. The Morgan fingerprint density at radius 3 is 2.57 bits per heavy atom. The van der Waals surface area contributed by atoms with Crippen LogP contribution in [0.5, 0.6) is 0 Å². The first-order chi connectivity index (χ1) is 13.7. The number of nitrogens with zero attached hydrogens (tertiary/aromatic N) is 6. The predicted octanol–water partition coefficient (Wildman–Crippen LogP) is 1.35. The van der Waals surface area contributed by atoms with E-state index in [0.717, 1.165) is 34.4 Å². The lowest BCUT2D eigenvalue weighted by molar-refractivity contribution is -0.132. The number of carbonyl (C=O) groups excluding carboxylic acids is 1. The maximum Gasteiger partial charge on any atom is 0.258 e. The maximum atomic E-state index is 12.6. The quantitative estimate of drug-likeness (QED) is 0.504. The number of thiazole rings is 2. The highest BCUT2D eigenvalue weighted by Gasteiger charge is 2.22. The number of imidazole rings is 1. The van der Waals surface area contributed by atoms with E-state index in [1.807, 2.05) is 32.5 Å². The molecule has 4 aromatic heterocycles. The Kier molecular flexibility index (Phi) is 4.46. The van der Waals surface area contributed by atoms with E-state index in [9.17, 15) is 9.59 Å². The van der Waals surface area contributed by atoms with Gasteiger partial charge in [-0.05, 0) is 0 Å². The lowest BCUT2D eigenvalue weighted by atomic mass is 10.2. The molecule has 5 heterocycles. The van der Waals surface area contributed by atoms with Gasteiger partial charge in [0.15, 0.2) is 9.92 Å². The van der Waals surface area contributed by atoms with Crippen LogP contribution in [-0.4, -0.2) is 60.7 Å². The minimum absolute atomic E-state index is 0.0463. The Labute approximate surface area is 168 Å². The third kappa shape index (κ3) is 3.34. The Bertz CT molecular complexity index is 1170. The van der Waals surface area contributed by atoms with Crippen LogP contribution >= 0.6 is 22.7 Å². The van der Waals surface area contributed by atoms with Crippen LogP contribution in [0.2, 0.25) is 0 Å². The van der Waals surface area contributed by atoms with Gasteiger partial charge < -0.3 is 4.90 Å². The van der Waals surface area contributed by atoms with E-state index < -0.39 is 0 Å². The van der Waals surface area contributed by atoms with Gasteiger partial charge in [-0.2, -0.15) is 0 Å². The Morgan fingerprint density at radius 1 is 1.00 bits per heavy atom. The fraction of sp³-hybridized carbons (Fsp3) is 0.333. The SMILES string of the molecule is O=C(Cc1cn2ccsc2n1)N1CCN(Cc2cc(=O)n3ccsc3n2)CC1. The second-order valence-corrected chi connectivity index (χ2v) is 8.55. The highest BCUT2D eigenvalue weighted by Crippen LogP contribution is 2.14. The van der Waals surface area contributed by atoms with Gasteiger partial charge in [0.25, 0.3) is 5.56 Å². The molecule has 1 amide bonds. The van der Waals surface area contributed by atoms with Crippen LogP contribution in [-0.2, 0) is 17.8 Å². The van der Waals surface area contributed by atoms with Crippen LogP contribution in [0.25, 0.3) is 9.92 Å². The molecule has 5 rings (SSSR count). The first kappa shape index (κ1) is 17.5. The predicted molar refractivity (Wildman–Crippen MR) is 108 cm³/mol. The normalized spacial score (nSPS) is 15.6. The number of carbonyl (C=O) groups is 1. The zero-order valence-corrected chi connectivity index (χ0v) is 16.7. The number of piperazine rings is 1. The fourth-order valence-electron chi connectivity index (χ4n) is 3.48. The average Bonchev–Trinajstić information content (AvgIpc) is 3.38. The summed E-state index contributed by atoms with van der Waals surface area (Å²) in [5.41, 5.74) is 1.55. The van der Waals surface area contributed by atoms with E-state index in [1.54, 1.807) is 28.0 Å². The number of amides is 1. The molecular formula is C18H18N6O2S2. The lowest BCUT2D eigenvalue weighted by Crippen LogP contribution is -2.48. The number of aromatic nitrogens is 4. The van der Waals surface area contributed by atoms with E-state index in [0.29, 0.717) is 26.1 Å². The molecule has 0 bridgehead atoms. The van der Waals surface area contributed by atoms with Crippen molar-refractivity contribution in [3.05, 3.63) is 57.2 Å². The van der Waals surface area contributed by atoms with Gasteiger partial charge in [0.05, 0.1) is 17.8 Å². The zero-order chi connectivity index (χ0) is 19.1. The van der Waals surface area contributed by atoms with Crippen molar-refractivity contribution in [1.29, 1.82) is 0 Å². The third-order valence-electron chi connectivity index (χ3n) is 4.94. The molecule has 1 fully saturated rings. The highest BCUT2D eigenvalue weighted by atomic mass is 32.1. The molecule has 4 aromatic rings. The first-order valence-electron chi connectivity index (χ1n) is 9.03. The Balaban J connectivity index is 1.19. The molecule has 0 aromatic carbocycles. The summed E-state index contributed by atoms with van der Waals surface area (Å²) < 4.78 is 3.51. The van der Waals surface area contributed by atoms with Crippen molar-refractivity contribution in [2.45, 2.75) is 13.0 Å². The number of fused-ring (bicyclic) bond motifs is 2. The maximum absolute atomic E-state index is 12.6. The summed E-state index contributed by atoms with van der Waals surface area (Å²) >= 11 is 3.02. The Morgan fingerprint density at radius 2 is 1.75 bits per heavy atom. The fourth-order valence-corrected chi connectivity index (χ4v) is 4.94. The van der Waals surface area contributed by atoms with Crippen molar-refractivity contribution in [2.24, 2.45) is 0 Å². The van der Waals surface area contributed by atoms with Crippen LogP contribution in [0, 0.1) is 0 Å². The zero-order valence-electron chi connectivity index (χ0n) is 15.0. The van der Waals surface area contributed by atoms with E-state index in [-0.39, 0.29) is 11.5 Å². The average molecular weight is 415 g/mol. The van der Waals surface area contributed by atoms with Crippen molar-refractivity contribution < 1.29 is 4.79 Å². The topological polar surface area (TPSA) is 75.2 Å². The van der Waals surface area contributed by atoms with Crippen molar-refractivity contribution in [1.82, 2.24) is 28.6 Å². The summed E-state index contributed by atoms with van der Waals surface area (Å²) in [6.07, 6.45) is 5.95. The second-order valence-electron chi connectivity index (χ2n) is 6.80. The molecule has 0 unspecified atom stereocenters. The second kappa shape index (κ2) is 7.12. The van der Waals surface area contributed by atoms with Crippen LogP contribution in [0.1, 0.15) is 11.4 Å². The molecule has 1 aliphatic heterocycles. The standard InChI is InChI=1S/C18H18N6O2S2/c25-15(9-14-12-23-5-7-27-17(23)19-14)22-3-1-21(2-4-22)11-13-10-16(26)24-6-8-28-18(24)20-13/h5-8,10,12H,1-4,9,11H2. The monoisotopic (exact) mass is 414 g/mol. The lowest BCUT2D eigenvalue weighted by Gasteiger charge is -2.34. The minimum atomic E-state index is -0.0463. The minimum Gasteiger partial charge on any atom is -0.340 e. The largest absolute Gasteiger partial charge is 0.340 e. The van der Waals surface area contributed by atoms with Crippen molar-refractivity contribution in [2.75, 3.05) is 26.2 Å². The van der Waals surface area contributed by atoms with Gasteiger partial charge in [0, 0.05) is 68.1 Å². The van der Waals surface area contributed by atoms with Crippen molar-refractivity contribution in [3.63, 3.8) is 0 Å². The van der Waals surface area contributed by atoms with Gasteiger partial charge in [0.2, 0.25) is 5.91 Å². The van der Waals surface area contributed by atoms with Crippen molar-refractivity contribution >= 4 is 38.5 Å². The van der Waals surface area contributed by atoms with E-state index in [2.05, 4.69) is 14.9 Å². The van der Waals surface area contributed by atoms with Gasteiger partial charge in [-0.25, -0.2) is 9.97 Å². The molecule has 1 aliphatic rings. The summed E-state index contributed by atoms with van der Waals surface area (Å²) in [5.74, 6) is 0.113. The van der Waals surface area contributed by atoms with Gasteiger partial charge in [-0.1, -0.05) is 0 Å². The van der Waals surface area contributed by atoms with Crippen LogP contribution in [0.3, 0.4) is 0 Å². The molecule has 8 nitrogen and oxygen atoms in total. The van der Waals surface area contributed by atoms with Gasteiger partial charge in [-0.3, -0.25) is 23.3 Å². The molecule has 0 radical (unpaired) electrons. The molecule has 10 heteroatoms. The molecule has 1 saturated heterocycles. The molecule has 0 N–H and O–H groups in total. The highest BCUT2D eigenvalue weighted by molar-refractivity contribution is 7.15. The smallest absolute Gasteiger partial charge is 0.258 e.